The molecule has 54 valence electrons. The van der Waals surface area contributed by atoms with Gasteiger partial charge in [0.15, 0.2) is 0 Å². The molecule has 0 unspecified atom stereocenters. The minimum absolute atomic E-state index is 0.413. The molecule has 0 atom stereocenters. The molecule has 1 aliphatic rings. The Kier molecular flexibility index (Phi) is 2.35. The van der Waals surface area contributed by atoms with E-state index in [9.17, 15) is 0 Å². The number of nitrogens with two attached hydrogens (primary N) is 1. The normalized spacial score (nSPS) is 28.3. The van der Waals surface area contributed by atoms with Crippen molar-refractivity contribution in [1.29, 1.82) is 0 Å². The third-order valence-corrected chi connectivity index (χ3v) is 4.58. The van der Waals surface area contributed by atoms with Gasteiger partial charge in [0.25, 0.3) is 0 Å². The van der Waals surface area contributed by atoms with Crippen LogP contribution >= 0.6 is 23.5 Å². The van der Waals surface area contributed by atoms with Crippen LogP contribution in [0.25, 0.3) is 0 Å². The molecule has 1 rings (SSSR count). The molecule has 0 amide bonds. The first-order valence-electron chi connectivity index (χ1n) is 3.14. The van der Waals surface area contributed by atoms with Crippen molar-refractivity contribution >= 4 is 23.5 Å². The average Bonchev–Trinajstić information content (AvgIpc) is 1.78. The van der Waals surface area contributed by atoms with Gasteiger partial charge in [0.1, 0.15) is 0 Å². The molecule has 1 saturated heterocycles. The molecule has 0 aliphatic carbocycles. The second-order valence-electron chi connectivity index (χ2n) is 2.78. The van der Waals surface area contributed by atoms with Gasteiger partial charge in [-0.05, 0) is 13.8 Å². The monoisotopic (exact) mass is 163 g/mol. The van der Waals surface area contributed by atoms with Crippen LogP contribution in [0.5, 0.6) is 0 Å². The van der Waals surface area contributed by atoms with Gasteiger partial charge in [0.2, 0.25) is 0 Å². The summed E-state index contributed by atoms with van der Waals surface area (Å²) >= 11 is 3.93. The maximum Gasteiger partial charge on any atom is 0.0556 e. The van der Waals surface area contributed by atoms with E-state index in [1.54, 1.807) is 0 Å². The fourth-order valence-corrected chi connectivity index (χ4v) is 3.06. The molecule has 1 heterocycles. The Morgan fingerprint density at radius 2 is 1.78 bits per heavy atom. The first kappa shape index (κ1) is 7.76. The van der Waals surface area contributed by atoms with Gasteiger partial charge in [-0.1, -0.05) is 0 Å². The fraction of sp³-hybridized carbons (Fsp3) is 1.00. The van der Waals surface area contributed by atoms with E-state index >= 15 is 0 Å². The Hall–Kier alpha value is 0.660. The van der Waals surface area contributed by atoms with Crippen LogP contribution in [0.4, 0.5) is 0 Å². The molecule has 0 spiro atoms. The highest BCUT2D eigenvalue weighted by atomic mass is 32.2. The van der Waals surface area contributed by atoms with Gasteiger partial charge in [-0.25, -0.2) is 0 Å². The van der Waals surface area contributed by atoms with Crippen LogP contribution in [-0.2, 0) is 0 Å². The maximum absolute atomic E-state index is 5.71. The van der Waals surface area contributed by atoms with Crippen molar-refractivity contribution in [2.24, 2.45) is 5.73 Å². The quantitative estimate of drug-likeness (QED) is 0.586. The Bertz CT molecular complexity index is 93.2. The van der Waals surface area contributed by atoms with Crippen LogP contribution in [-0.4, -0.2) is 21.6 Å². The summed E-state index contributed by atoms with van der Waals surface area (Å²) in [6.45, 7) is 4.52. The average molecular weight is 163 g/mol. The third kappa shape index (κ3) is 2.40. The predicted octanol–water partition coefficient (Wildman–Crippen LogP) is 1.53. The van der Waals surface area contributed by atoms with Gasteiger partial charge in [0.05, 0.1) is 4.08 Å². The number of thioether (sulfide) groups is 2. The minimum Gasteiger partial charge on any atom is -0.326 e. The molecule has 1 aliphatic heterocycles. The van der Waals surface area contributed by atoms with Crippen molar-refractivity contribution < 1.29 is 0 Å². The van der Waals surface area contributed by atoms with E-state index in [1.165, 1.54) is 0 Å². The van der Waals surface area contributed by atoms with Crippen molar-refractivity contribution in [3.8, 4) is 0 Å². The summed E-state index contributed by atoms with van der Waals surface area (Å²) in [5, 5.41) is 0. The molecule has 0 bridgehead atoms. The smallest absolute Gasteiger partial charge is 0.0556 e. The van der Waals surface area contributed by atoms with Gasteiger partial charge in [-0.3, -0.25) is 0 Å². The van der Waals surface area contributed by atoms with E-state index in [4.69, 9.17) is 5.73 Å². The van der Waals surface area contributed by atoms with Gasteiger partial charge in [-0.2, -0.15) is 0 Å². The molecule has 1 nitrogen and oxygen atoms in total. The molecule has 0 aromatic carbocycles. The Labute approximate surface area is 65.1 Å². The highest BCUT2D eigenvalue weighted by molar-refractivity contribution is 8.18. The highest BCUT2D eigenvalue weighted by Gasteiger charge is 2.25. The Balaban J connectivity index is 2.35. The number of rotatable bonds is 0. The van der Waals surface area contributed by atoms with Gasteiger partial charge < -0.3 is 5.73 Å². The van der Waals surface area contributed by atoms with Gasteiger partial charge in [-0.15, -0.1) is 23.5 Å². The summed E-state index contributed by atoms with van der Waals surface area (Å²) < 4.78 is 0.413. The first-order chi connectivity index (χ1) is 4.10. The minimum atomic E-state index is 0.413. The summed E-state index contributed by atoms with van der Waals surface area (Å²) in [6, 6.07) is 0.424. The summed E-state index contributed by atoms with van der Waals surface area (Å²) in [5.41, 5.74) is 5.71. The molecular weight excluding hydrogens is 150 g/mol. The van der Waals surface area contributed by atoms with E-state index in [-0.39, 0.29) is 0 Å². The standard InChI is InChI=1S/C6H13NS2/c1-6(2)8-3-5(7)4-9-6/h5H,3-4,7H2,1-2H3. The van der Waals surface area contributed by atoms with Crippen LogP contribution < -0.4 is 5.73 Å². The zero-order valence-corrected chi connectivity index (χ0v) is 7.52. The maximum atomic E-state index is 5.71. The zero-order valence-electron chi connectivity index (χ0n) is 5.89. The van der Waals surface area contributed by atoms with E-state index in [0.717, 1.165) is 11.5 Å². The lowest BCUT2D eigenvalue weighted by atomic mass is 10.4. The topological polar surface area (TPSA) is 26.0 Å². The van der Waals surface area contributed by atoms with Crippen LogP contribution in [0.15, 0.2) is 0 Å². The largest absolute Gasteiger partial charge is 0.326 e. The summed E-state index contributed by atoms with van der Waals surface area (Å²) in [4.78, 5) is 0. The lowest BCUT2D eigenvalue weighted by Gasteiger charge is -2.31. The van der Waals surface area contributed by atoms with Crippen molar-refractivity contribution in [2.45, 2.75) is 24.0 Å². The first-order valence-corrected chi connectivity index (χ1v) is 5.11. The van der Waals surface area contributed by atoms with E-state index in [0.29, 0.717) is 10.1 Å². The van der Waals surface area contributed by atoms with Crippen molar-refractivity contribution in [2.75, 3.05) is 11.5 Å². The van der Waals surface area contributed by atoms with Gasteiger partial charge in [0, 0.05) is 17.5 Å². The summed E-state index contributed by atoms with van der Waals surface area (Å²) in [6.07, 6.45) is 0. The molecule has 0 aromatic heterocycles. The summed E-state index contributed by atoms with van der Waals surface area (Å²) in [5.74, 6) is 2.25. The van der Waals surface area contributed by atoms with Crippen LogP contribution in [0, 0.1) is 0 Å². The molecule has 9 heavy (non-hydrogen) atoms. The highest BCUT2D eigenvalue weighted by Crippen LogP contribution is 2.40. The van der Waals surface area contributed by atoms with Crippen LogP contribution in [0.2, 0.25) is 0 Å². The summed E-state index contributed by atoms with van der Waals surface area (Å²) in [7, 11) is 0. The third-order valence-electron chi connectivity index (χ3n) is 1.29. The Morgan fingerprint density at radius 3 is 2.11 bits per heavy atom. The second-order valence-corrected chi connectivity index (χ2v) is 6.33. The Morgan fingerprint density at radius 1 is 1.33 bits per heavy atom. The fourth-order valence-electron chi connectivity index (χ4n) is 0.705. The molecule has 1 fully saturated rings. The van der Waals surface area contributed by atoms with E-state index < -0.39 is 0 Å². The van der Waals surface area contributed by atoms with Crippen molar-refractivity contribution in [1.82, 2.24) is 0 Å². The lowest BCUT2D eigenvalue weighted by Crippen LogP contribution is -2.34. The molecule has 0 aromatic rings. The lowest BCUT2D eigenvalue weighted by molar-refractivity contribution is 0.832. The number of hydrogen-bond acceptors (Lipinski definition) is 3. The molecule has 2 N–H and O–H groups in total. The molecule has 0 saturated carbocycles. The predicted molar refractivity (Wildman–Crippen MR) is 47.0 cm³/mol. The van der Waals surface area contributed by atoms with Crippen molar-refractivity contribution in [3.05, 3.63) is 0 Å². The number of hydrogen-bond donors (Lipinski definition) is 1. The zero-order chi connectivity index (χ0) is 6.91. The van der Waals surface area contributed by atoms with E-state index in [1.807, 2.05) is 23.5 Å². The molecule has 0 radical (unpaired) electrons. The van der Waals surface area contributed by atoms with Crippen LogP contribution in [0.1, 0.15) is 13.8 Å². The van der Waals surface area contributed by atoms with Crippen molar-refractivity contribution in [3.63, 3.8) is 0 Å². The second kappa shape index (κ2) is 2.72. The van der Waals surface area contributed by atoms with Crippen LogP contribution in [0.3, 0.4) is 0 Å². The molecule has 3 heteroatoms. The SMILES string of the molecule is CC1(C)SCC(N)CS1. The van der Waals surface area contributed by atoms with E-state index in [2.05, 4.69) is 13.8 Å². The molecular formula is C6H13NS2. The van der Waals surface area contributed by atoms with Gasteiger partial charge >= 0.3 is 0 Å².